The molecule has 0 bridgehead atoms. The van der Waals surface area contributed by atoms with Crippen LogP contribution < -0.4 is 4.74 Å². The van der Waals surface area contributed by atoms with E-state index in [1.807, 2.05) is 31.2 Å². The summed E-state index contributed by atoms with van der Waals surface area (Å²) in [7, 11) is 1.40. The minimum atomic E-state index is -0.486. The van der Waals surface area contributed by atoms with E-state index in [0.29, 0.717) is 17.2 Å². The van der Waals surface area contributed by atoms with Gasteiger partial charge in [-0.05, 0) is 25.1 Å². The van der Waals surface area contributed by atoms with Crippen molar-refractivity contribution in [2.45, 2.75) is 6.92 Å². The Kier molecular flexibility index (Phi) is 3.76. The van der Waals surface area contributed by atoms with Crippen molar-refractivity contribution in [1.82, 2.24) is 15.2 Å². The van der Waals surface area contributed by atoms with Gasteiger partial charge in [0.05, 0.1) is 12.0 Å². The monoisotopic (exact) mass is 310 g/mol. The van der Waals surface area contributed by atoms with Crippen LogP contribution in [0.5, 0.6) is 5.75 Å². The molecule has 0 fully saturated rings. The Morgan fingerprint density at radius 3 is 2.70 bits per heavy atom. The van der Waals surface area contributed by atoms with Crippen LogP contribution in [0.1, 0.15) is 5.56 Å². The number of ether oxygens (including phenoxy) is 1. The second kappa shape index (κ2) is 5.88. The molecule has 2 aromatic carbocycles. The molecule has 23 heavy (non-hydrogen) atoms. The minimum Gasteiger partial charge on any atom is -0.490 e. The van der Waals surface area contributed by atoms with E-state index in [1.165, 1.54) is 13.2 Å². The molecule has 0 amide bonds. The van der Waals surface area contributed by atoms with Gasteiger partial charge >= 0.3 is 5.69 Å². The van der Waals surface area contributed by atoms with Crippen molar-refractivity contribution in [2.75, 3.05) is 7.11 Å². The first-order chi connectivity index (χ1) is 11.1. The standard InChI is InChI=1S/C16H14N4O3/c1-10-4-3-5-11(8-10)15-17-16(19-18-15)12-6-7-14(23-2)13(9-12)20(21)22/h3-9H,1-2H3,(H,17,18,19). The Labute approximate surface area is 132 Å². The maximum Gasteiger partial charge on any atom is 0.311 e. The third kappa shape index (κ3) is 2.89. The first kappa shape index (κ1) is 14.7. The van der Waals surface area contributed by atoms with Gasteiger partial charge in [0.2, 0.25) is 0 Å². The molecular formula is C16H14N4O3. The number of aromatic nitrogens is 3. The van der Waals surface area contributed by atoms with Crippen molar-refractivity contribution in [2.24, 2.45) is 0 Å². The number of hydrogen-bond donors (Lipinski definition) is 1. The molecule has 1 heterocycles. The number of nitrogens with one attached hydrogen (secondary N) is 1. The highest BCUT2D eigenvalue weighted by atomic mass is 16.6. The largest absolute Gasteiger partial charge is 0.490 e. The van der Waals surface area contributed by atoms with E-state index in [1.54, 1.807) is 12.1 Å². The molecule has 0 radical (unpaired) electrons. The second-order valence-electron chi connectivity index (χ2n) is 5.02. The summed E-state index contributed by atoms with van der Waals surface area (Å²) in [6.45, 7) is 1.99. The molecule has 0 atom stereocenters. The molecule has 116 valence electrons. The van der Waals surface area contributed by atoms with Crippen LogP contribution >= 0.6 is 0 Å². The molecule has 0 saturated heterocycles. The zero-order chi connectivity index (χ0) is 16.4. The molecule has 0 spiro atoms. The maximum absolute atomic E-state index is 11.1. The van der Waals surface area contributed by atoms with Gasteiger partial charge in [0, 0.05) is 17.2 Å². The molecule has 3 rings (SSSR count). The fourth-order valence-electron chi connectivity index (χ4n) is 2.28. The Hall–Kier alpha value is -3.22. The topological polar surface area (TPSA) is 93.9 Å². The van der Waals surface area contributed by atoms with E-state index in [4.69, 9.17) is 4.74 Å². The number of nitrogens with zero attached hydrogens (tertiary/aromatic N) is 3. The van der Waals surface area contributed by atoms with Crippen molar-refractivity contribution in [3.63, 3.8) is 0 Å². The highest BCUT2D eigenvalue weighted by Gasteiger charge is 2.17. The Bertz CT molecular complexity index is 873. The predicted molar refractivity (Wildman–Crippen MR) is 85.2 cm³/mol. The van der Waals surface area contributed by atoms with Crippen LogP contribution in [0.4, 0.5) is 5.69 Å². The van der Waals surface area contributed by atoms with Crippen LogP contribution in [0.3, 0.4) is 0 Å². The van der Waals surface area contributed by atoms with E-state index in [2.05, 4.69) is 15.2 Å². The van der Waals surface area contributed by atoms with Gasteiger partial charge in [-0.15, -0.1) is 0 Å². The van der Waals surface area contributed by atoms with E-state index in [-0.39, 0.29) is 11.4 Å². The predicted octanol–water partition coefficient (Wildman–Crippen LogP) is 3.36. The van der Waals surface area contributed by atoms with Crippen molar-refractivity contribution in [3.8, 4) is 28.5 Å². The van der Waals surface area contributed by atoms with Crippen LogP contribution in [-0.4, -0.2) is 27.2 Å². The van der Waals surface area contributed by atoms with E-state index < -0.39 is 4.92 Å². The summed E-state index contributed by atoms with van der Waals surface area (Å²) < 4.78 is 5.00. The van der Waals surface area contributed by atoms with Crippen LogP contribution in [-0.2, 0) is 0 Å². The fourth-order valence-corrected chi connectivity index (χ4v) is 2.28. The molecular weight excluding hydrogens is 296 g/mol. The van der Waals surface area contributed by atoms with Gasteiger partial charge in [0.1, 0.15) is 0 Å². The van der Waals surface area contributed by atoms with Gasteiger partial charge in [-0.2, -0.15) is 5.10 Å². The molecule has 7 heteroatoms. The summed E-state index contributed by atoms with van der Waals surface area (Å²) in [5.41, 5.74) is 2.45. The van der Waals surface area contributed by atoms with Gasteiger partial charge in [-0.25, -0.2) is 4.98 Å². The lowest BCUT2D eigenvalue weighted by Gasteiger charge is -2.02. The van der Waals surface area contributed by atoms with Gasteiger partial charge in [-0.3, -0.25) is 15.2 Å². The first-order valence-corrected chi connectivity index (χ1v) is 6.90. The quantitative estimate of drug-likeness (QED) is 0.589. The maximum atomic E-state index is 11.1. The minimum absolute atomic E-state index is 0.112. The number of benzene rings is 2. The van der Waals surface area contributed by atoms with Crippen LogP contribution in [0.15, 0.2) is 42.5 Å². The molecule has 0 aliphatic carbocycles. The highest BCUT2D eigenvalue weighted by Crippen LogP contribution is 2.31. The second-order valence-corrected chi connectivity index (χ2v) is 5.02. The summed E-state index contributed by atoms with van der Waals surface area (Å²) in [5.74, 6) is 1.21. The summed E-state index contributed by atoms with van der Waals surface area (Å²) in [6, 6.07) is 12.5. The lowest BCUT2D eigenvalue weighted by molar-refractivity contribution is -0.385. The fraction of sp³-hybridized carbons (Fsp3) is 0.125. The molecule has 1 aromatic heterocycles. The van der Waals surface area contributed by atoms with Crippen LogP contribution in [0, 0.1) is 17.0 Å². The van der Waals surface area contributed by atoms with E-state index in [9.17, 15) is 10.1 Å². The third-order valence-electron chi connectivity index (χ3n) is 3.41. The average molecular weight is 310 g/mol. The lowest BCUT2D eigenvalue weighted by atomic mass is 10.1. The summed E-state index contributed by atoms with van der Waals surface area (Å²) in [5, 5.41) is 18.1. The van der Waals surface area contributed by atoms with Gasteiger partial charge in [0.25, 0.3) is 0 Å². The van der Waals surface area contributed by atoms with Crippen molar-refractivity contribution in [3.05, 3.63) is 58.1 Å². The molecule has 7 nitrogen and oxygen atoms in total. The number of H-pyrrole nitrogens is 1. The van der Waals surface area contributed by atoms with Crippen molar-refractivity contribution >= 4 is 5.69 Å². The molecule has 0 saturated carbocycles. The van der Waals surface area contributed by atoms with E-state index in [0.717, 1.165) is 11.1 Å². The molecule has 0 aliphatic heterocycles. The SMILES string of the molecule is COc1ccc(-c2nc(-c3cccc(C)c3)n[nH]2)cc1[N+](=O)[O-]. The Balaban J connectivity index is 2.00. The van der Waals surface area contributed by atoms with Crippen molar-refractivity contribution in [1.29, 1.82) is 0 Å². The van der Waals surface area contributed by atoms with E-state index >= 15 is 0 Å². The zero-order valence-electron chi connectivity index (χ0n) is 12.6. The number of nitro benzene ring substituents is 1. The number of aryl methyl sites for hydroxylation is 1. The van der Waals surface area contributed by atoms with Crippen LogP contribution in [0.2, 0.25) is 0 Å². The molecule has 0 unspecified atom stereocenters. The number of methoxy groups -OCH3 is 1. The summed E-state index contributed by atoms with van der Waals surface area (Å²) in [6.07, 6.45) is 0. The van der Waals surface area contributed by atoms with Gasteiger partial charge in [0.15, 0.2) is 17.4 Å². The first-order valence-electron chi connectivity index (χ1n) is 6.90. The summed E-state index contributed by atoms with van der Waals surface area (Å²) in [4.78, 5) is 15.0. The highest BCUT2D eigenvalue weighted by molar-refractivity contribution is 5.66. The molecule has 0 aliphatic rings. The van der Waals surface area contributed by atoms with Crippen molar-refractivity contribution < 1.29 is 9.66 Å². The number of nitro groups is 1. The molecule has 3 aromatic rings. The number of hydrogen-bond acceptors (Lipinski definition) is 5. The smallest absolute Gasteiger partial charge is 0.311 e. The Morgan fingerprint density at radius 2 is 2.00 bits per heavy atom. The third-order valence-corrected chi connectivity index (χ3v) is 3.41. The average Bonchev–Trinajstić information content (AvgIpc) is 3.04. The Morgan fingerprint density at radius 1 is 1.17 bits per heavy atom. The zero-order valence-corrected chi connectivity index (χ0v) is 12.6. The van der Waals surface area contributed by atoms with Crippen LogP contribution in [0.25, 0.3) is 22.8 Å². The normalized spacial score (nSPS) is 10.5. The van der Waals surface area contributed by atoms with Gasteiger partial charge in [-0.1, -0.05) is 23.8 Å². The van der Waals surface area contributed by atoms with Gasteiger partial charge < -0.3 is 4.74 Å². The number of rotatable bonds is 4. The molecule has 1 N–H and O–H groups in total. The summed E-state index contributed by atoms with van der Waals surface area (Å²) >= 11 is 0. The number of aromatic amines is 1. The lowest BCUT2D eigenvalue weighted by Crippen LogP contribution is -1.94.